The van der Waals surface area contributed by atoms with Crippen LogP contribution in [0.4, 0.5) is 5.69 Å². The minimum atomic E-state index is -0.417. The van der Waals surface area contributed by atoms with E-state index in [1.165, 1.54) is 25.0 Å². The van der Waals surface area contributed by atoms with E-state index in [2.05, 4.69) is 36.1 Å². The van der Waals surface area contributed by atoms with E-state index in [0.29, 0.717) is 29.0 Å². The molecule has 1 aliphatic rings. The van der Waals surface area contributed by atoms with Gasteiger partial charge in [0.05, 0.1) is 17.4 Å². The zero-order valence-electron chi connectivity index (χ0n) is 16.6. The average molecular weight is 381 g/mol. The summed E-state index contributed by atoms with van der Waals surface area (Å²) in [5, 5.41) is 2.75. The van der Waals surface area contributed by atoms with Gasteiger partial charge in [-0.3, -0.25) is 9.78 Å². The van der Waals surface area contributed by atoms with Gasteiger partial charge in [0.15, 0.2) is 0 Å². The molecule has 0 spiro atoms. The van der Waals surface area contributed by atoms with Crippen molar-refractivity contribution in [3.63, 3.8) is 0 Å². The van der Waals surface area contributed by atoms with Crippen molar-refractivity contribution in [3.8, 4) is 0 Å². The van der Waals surface area contributed by atoms with Crippen molar-refractivity contribution in [2.45, 2.75) is 46.1 Å². The summed E-state index contributed by atoms with van der Waals surface area (Å²) in [5.41, 5.74) is 0.945. The molecule has 1 heterocycles. The van der Waals surface area contributed by atoms with E-state index >= 15 is 0 Å². The smallest absolute Gasteiger partial charge is 0.340 e. The number of anilines is 1. The minimum absolute atomic E-state index is 0.0972. The predicted octanol–water partition coefficient (Wildman–Crippen LogP) is 4.35. The number of amides is 1. The van der Waals surface area contributed by atoms with Crippen LogP contribution in [-0.2, 0) is 4.74 Å². The lowest BCUT2D eigenvalue weighted by Crippen LogP contribution is -2.36. The van der Waals surface area contributed by atoms with Crippen LogP contribution in [0, 0.1) is 17.8 Å². The van der Waals surface area contributed by atoms with Crippen LogP contribution in [0.5, 0.6) is 0 Å². The molecule has 2 aromatic rings. The second-order valence-corrected chi connectivity index (χ2v) is 7.86. The van der Waals surface area contributed by atoms with Gasteiger partial charge in [0.1, 0.15) is 11.8 Å². The third-order valence-corrected chi connectivity index (χ3v) is 5.41. The Morgan fingerprint density at radius 1 is 1.18 bits per heavy atom. The van der Waals surface area contributed by atoms with E-state index in [1.807, 2.05) is 0 Å². The highest BCUT2D eigenvalue weighted by Crippen LogP contribution is 2.36. The molecule has 0 aliphatic heterocycles. The number of hydrogen-bond acceptors (Lipinski definition) is 5. The first-order valence-corrected chi connectivity index (χ1v) is 9.83. The Morgan fingerprint density at radius 3 is 2.68 bits per heavy atom. The minimum Gasteiger partial charge on any atom is -0.458 e. The van der Waals surface area contributed by atoms with Crippen LogP contribution in [0.25, 0.3) is 0 Å². The Bertz CT molecular complexity index is 823. The van der Waals surface area contributed by atoms with Crippen molar-refractivity contribution >= 4 is 17.6 Å². The van der Waals surface area contributed by atoms with Crippen LogP contribution < -0.4 is 5.32 Å². The standard InChI is InChI=1S/C22H27N3O3/c1-14(2)16-9-8-15(3)12-20(16)28-22(27)17-6-4-5-7-18(17)25-21(26)19-13-23-10-11-24-19/h4-7,10-11,13-16,20H,8-9,12H2,1-3H3,(H,25,26)/t15-,16+,20-/m1/s1. The Balaban J connectivity index is 1.76. The summed E-state index contributed by atoms with van der Waals surface area (Å²) in [6.45, 7) is 6.56. The zero-order valence-corrected chi connectivity index (χ0v) is 16.6. The fourth-order valence-corrected chi connectivity index (χ4v) is 3.82. The number of hydrogen-bond donors (Lipinski definition) is 1. The van der Waals surface area contributed by atoms with Crippen LogP contribution in [-0.4, -0.2) is 27.9 Å². The van der Waals surface area contributed by atoms with E-state index in [4.69, 9.17) is 4.74 Å². The van der Waals surface area contributed by atoms with E-state index < -0.39 is 11.9 Å². The summed E-state index contributed by atoms with van der Waals surface area (Å²) in [6.07, 6.45) is 7.35. The summed E-state index contributed by atoms with van der Waals surface area (Å²) in [4.78, 5) is 33.2. The molecule has 1 saturated carbocycles. The number of aromatic nitrogens is 2. The summed E-state index contributed by atoms with van der Waals surface area (Å²) >= 11 is 0. The van der Waals surface area contributed by atoms with Gasteiger partial charge >= 0.3 is 5.97 Å². The van der Waals surface area contributed by atoms with Crippen molar-refractivity contribution in [3.05, 3.63) is 54.1 Å². The molecule has 0 bridgehead atoms. The van der Waals surface area contributed by atoms with Gasteiger partial charge in [0.2, 0.25) is 0 Å². The van der Waals surface area contributed by atoms with Crippen molar-refractivity contribution in [1.29, 1.82) is 0 Å². The fourth-order valence-electron chi connectivity index (χ4n) is 3.82. The number of nitrogens with one attached hydrogen (secondary N) is 1. The molecule has 1 amide bonds. The molecule has 3 rings (SSSR count). The van der Waals surface area contributed by atoms with E-state index in [9.17, 15) is 9.59 Å². The normalized spacial score (nSPS) is 21.9. The molecule has 0 saturated heterocycles. The highest BCUT2D eigenvalue weighted by molar-refractivity contribution is 6.06. The summed E-state index contributed by atoms with van der Waals surface area (Å²) in [5.74, 6) is 0.539. The Morgan fingerprint density at radius 2 is 1.96 bits per heavy atom. The number of benzene rings is 1. The first-order valence-electron chi connectivity index (χ1n) is 9.83. The lowest BCUT2D eigenvalue weighted by Gasteiger charge is -2.36. The van der Waals surface area contributed by atoms with Crippen LogP contribution in [0.2, 0.25) is 0 Å². The number of carbonyl (C=O) groups is 2. The molecule has 6 nitrogen and oxygen atoms in total. The lowest BCUT2D eigenvalue weighted by molar-refractivity contribution is -0.0173. The van der Waals surface area contributed by atoms with E-state index in [1.54, 1.807) is 24.3 Å². The van der Waals surface area contributed by atoms with Gasteiger partial charge in [-0.05, 0) is 42.7 Å². The van der Waals surface area contributed by atoms with Crippen LogP contribution in [0.3, 0.4) is 0 Å². The molecule has 0 unspecified atom stereocenters. The van der Waals surface area contributed by atoms with Crippen molar-refractivity contribution < 1.29 is 14.3 Å². The van der Waals surface area contributed by atoms with Gasteiger partial charge in [-0.25, -0.2) is 9.78 Å². The first kappa shape index (κ1) is 20.0. The highest BCUT2D eigenvalue weighted by Gasteiger charge is 2.34. The SMILES string of the molecule is CC(C)[C@@H]1CC[C@@H](C)C[C@H]1OC(=O)c1ccccc1NC(=O)c1cnccn1. The van der Waals surface area contributed by atoms with Crippen molar-refractivity contribution in [2.75, 3.05) is 5.32 Å². The zero-order chi connectivity index (χ0) is 20.1. The molecule has 1 aliphatic carbocycles. The van der Waals surface area contributed by atoms with Crippen molar-refractivity contribution in [2.24, 2.45) is 17.8 Å². The Hall–Kier alpha value is -2.76. The molecule has 1 fully saturated rings. The fraction of sp³-hybridized carbons (Fsp3) is 0.455. The van der Waals surface area contributed by atoms with Crippen LogP contribution >= 0.6 is 0 Å². The van der Waals surface area contributed by atoms with Gasteiger partial charge in [-0.2, -0.15) is 0 Å². The average Bonchev–Trinajstić information content (AvgIpc) is 2.68. The Labute approximate surface area is 165 Å². The van der Waals surface area contributed by atoms with Gasteiger partial charge in [-0.1, -0.05) is 39.3 Å². The van der Waals surface area contributed by atoms with Crippen LogP contribution in [0.1, 0.15) is 60.9 Å². The molecule has 28 heavy (non-hydrogen) atoms. The summed E-state index contributed by atoms with van der Waals surface area (Å²) in [6, 6.07) is 6.89. The number of rotatable bonds is 5. The monoisotopic (exact) mass is 381 g/mol. The molecular formula is C22H27N3O3. The third kappa shape index (κ3) is 4.74. The highest BCUT2D eigenvalue weighted by atomic mass is 16.5. The number of para-hydroxylation sites is 1. The molecule has 0 radical (unpaired) electrons. The predicted molar refractivity (Wildman–Crippen MR) is 107 cm³/mol. The van der Waals surface area contributed by atoms with E-state index in [0.717, 1.165) is 12.8 Å². The Kier molecular flexibility index (Phi) is 6.39. The largest absolute Gasteiger partial charge is 0.458 e. The second-order valence-electron chi connectivity index (χ2n) is 7.86. The maximum Gasteiger partial charge on any atom is 0.340 e. The van der Waals surface area contributed by atoms with Gasteiger partial charge in [0, 0.05) is 12.4 Å². The van der Waals surface area contributed by atoms with Crippen molar-refractivity contribution in [1.82, 2.24) is 9.97 Å². The van der Waals surface area contributed by atoms with E-state index in [-0.39, 0.29) is 11.8 Å². The summed E-state index contributed by atoms with van der Waals surface area (Å²) in [7, 11) is 0. The lowest BCUT2D eigenvalue weighted by atomic mass is 9.75. The molecule has 148 valence electrons. The molecule has 3 atom stereocenters. The number of esters is 1. The molecule has 1 aromatic heterocycles. The molecule has 1 aromatic carbocycles. The third-order valence-electron chi connectivity index (χ3n) is 5.41. The second kappa shape index (κ2) is 8.95. The van der Waals surface area contributed by atoms with Gasteiger partial charge < -0.3 is 10.1 Å². The van der Waals surface area contributed by atoms with Crippen LogP contribution in [0.15, 0.2) is 42.9 Å². The summed E-state index contributed by atoms with van der Waals surface area (Å²) < 4.78 is 5.93. The number of ether oxygens (including phenoxy) is 1. The maximum atomic E-state index is 12.9. The number of carbonyl (C=O) groups excluding carboxylic acids is 2. The van der Waals surface area contributed by atoms with Gasteiger partial charge in [0.25, 0.3) is 5.91 Å². The first-order chi connectivity index (χ1) is 13.5. The topological polar surface area (TPSA) is 81.2 Å². The molecular weight excluding hydrogens is 354 g/mol. The van der Waals surface area contributed by atoms with Gasteiger partial charge in [-0.15, -0.1) is 0 Å². The maximum absolute atomic E-state index is 12.9. The molecule has 6 heteroatoms. The molecule has 1 N–H and O–H groups in total. The number of nitrogens with zero attached hydrogens (tertiary/aromatic N) is 2. The quantitative estimate of drug-likeness (QED) is 0.779.